The normalized spacial score (nSPS) is 21.7. The van der Waals surface area contributed by atoms with Crippen molar-refractivity contribution in [2.24, 2.45) is 0 Å². The third-order valence-electron chi connectivity index (χ3n) is 5.75. The SMILES string of the molecule is O=C(O)c1nn(CC(=O)N2CCN([C@H]3CCS(=O)(=O)C3)CC2)c(=O)c2ccccc12. The molecule has 0 spiro atoms. The molecule has 1 N–H and O–H groups in total. The number of carboxylic acid groups (broad SMARTS) is 1. The van der Waals surface area contributed by atoms with Crippen LogP contribution < -0.4 is 5.56 Å². The van der Waals surface area contributed by atoms with Crippen molar-refractivity contribution in [2.75, 3.05) is 37.7 Å². The van der Waals surface area contributed by atoms with E-state index < -0.39 is 21.4 Å². The summed E-state index contributed by atoms with van der Waals surface area (Å²) in [7, 11) is -2.97. The number of benzene rings is 1. The Bertz CT molecular complexity index is 1170. The Balaban J connectivity index is 1.47. The average Bonchev–Trinajstić information content (AvgIpc) is 3.09. The van der Waals surface area contributed by atoms with Crippen LogP contribution in [0.3, 0.4) is 0 Å². The zero-order valence-corrected chi connectivity index (χ0v) is 17.0. The number of aromatic carboxylic acids is 1. The van der Waals surface area contributed by atoms with Crippen molar-refractivity contribution in [2.45, 2.75) is 19.0 Å². The molecule has 2 saturated heterocycles. The van der Waals surface area contributed by atoms with Gasteiger partial charge < -0.3 is 10.0 Å². The molecule has 1 aromatic heterocycles. The summed E-state index contributed by atoms with van der Waals surface area (Å²) in [4.78, 5) is 40.7. The number of nitrogens with zero attached hydrogens (tertiary/aromatic N) is 4. The molecular formula is C19H22N4O6S. The van der Waals surface area contributed by atoms with E-state index in [-0.39, 0.29) is 46.5 Å². The molecule has 160 valence electrons. The van der Waals surface area contributed by atoms with Crippen LogP contribution in [0, 0.1) is 0 Å². The van der Waals surface area contributed by atoms with Crippen LogP contribution in [0.5, 0.6) is 0 Å². The molecule has 2 fully saturated rings. The minimum atomic E-state index is -2.97. The number of sulfone groups is 1. The summed E-state index contributed by atoms with van der Waals surface area (Å²) < 4.78 is 24.3. The van der Waals surface area contributed by atoms with E-state index in [0.29, 0.717) is 32.6 Å². The molecule has 3 heterocycles. The number of piperazine rings is 1. The highest BCUT2D eigenvalue weighted by molar-refractivity contribution is 7.91. The van der Waals surface area contributed by atoms with Crippen LogP contribution in [0.4, 0.5) is 0 Å². The Morgan fingerprint density at radius 2 is 1.77 bits per heavy atom. The molecule has 2 aliphatic rings. The molecule has 1 aromatic carbocycles. The van der Waals surface area contributed by atoms with Gasteiger partial charge >= 0.3 is 5.97 Å². The zero-order valence-electron chi connectivity index (χ0n) is 16.2. The highest BCUT2D eigenvalue weighted by Crippen LogP contribution is 2.19. The lowest BCUT2D eigenvalue weighted by atomic mass is 10.1. The number of carbonyl (C=O) groups is 2. The Morgan fingerprint density at radius 3 is 2.37 bits per heavy atom. The fraction of sp³-hybridized carbons (Fsp3) is 0.474. The standard InChI is InChI=1S/C19H22N4O6S/c24-16(22-8-6-21(7-9-22)13-5-10-30(28,29)12-13)11-23-18(25)15-4-2-1-3-14(15)17(20-23)19(26)27/h1-4,13H,5-12H2,(H,26,27)/t13-/m0/s1. The number of carboxylic acids is 1. The molecule has 30 heavy (non-hydrogen) atoms. The summed E-state index contributed by atoms with van der Waals surface area (Å²) >= 11 is 0. The van der Waals surface area contributed by atoms with E-state index in [1.54, 1.807) is 17.0 Å². The van der Waals surface area contributed by atoms with Crippen molar-refractivity contribution >= 4 is 32.5 Å². The minimum absolute atomic E-state index is 0.00449. The van der Waals surface area contributed by atoms with Gasteiger partial charge in [0.15, 0.2) is 15.5 Å². The molecule has 0 saturated carbocycles. The van der Waals surface area contributed by atoms with Crippen molar-refractivity contribution in [3.8, 4) is 0 Å². The van der Waals surface area contributed by atoms with Gasteiger partial charge in [-0.15, -0.1) is 0 Å². The molecule has 2 aromatic rings. The molecule has 11 heteroatoms. The van der Waals surface area contributed by atoms with Crippen molar-refractivity contribution in [1.82, 2.24) is 19.6 Å². The fourth-order valence-electron chi connectivity index (χ4n) is 4.13. The highest BCUT2D eigenvalue weighted by Gasteiger charge is 2.34. The van der Waals surface area contributed by atoms with Crippen LogP contribution in [-0.4, -0.2) is 88.7 Å². The first-order valence-corrected chi connectivity index (χ1v) is 11.5. The second kappa shape index (κ2) is 7.80. The van der Waals surface area contributed by atoms with Gasteiger partial charge in [-0.25, -0.2) is 17.9 Å². The Morgan fingerprint density at radius 1 is 1.10 bits per heavy atom. The summed E-state index contributed by atoms with van der Waals surface area (Å²) in [5.74, 6) is -1.23. The molecule has 0 aliphatic carbocycles. The van der Waals surface area contributed by atoms with Gasteiger partial charge in [0.05, 0.1) is 16.9 Å². The third-order valence-corrected chi connectivity index (χ3v) is 7.50. The largest absolute Gasteiger partial charge is 0.476 e. The van der Waals surface area contributed by atoms with Crippen LogP contribution >= 0.6 is 0 Å². The highest BCUT2D eigenvalue weighted by atomic mass is 32.2. The first kappa shape index (κ1) is 20.5. The lowest BCUT2D eigenvalue weighted by molar-refractivity contribution is -0.134. The molecule has 4 rings (SSSR count). The molecule has 2 aliphatic heterocycles. The quantitative estimate of drug-likeness (QED) is 0.677. The maximum Gasteiger partial charge on any atom is 0.357 e. The van der Waals surface area contributed by atoms with E-state index in [4.69, 9.17) is 0 Å². The predicted octanol–water partition coefficient (Wildman–Crippen LogP) is -0.574. The summed E-state index contributed by atoms with van der Waals surface area (Å²) in [6, 6.07) is 6.28. The Hall–Kier alpha value is -2.79. The number of amides is 1. The van der Waals surface area contributed by atoms with E-state index in [9.17, 15) is 27.9 Å². The number of aromatic nitrogens is 2. The number of fused-ring (bicyclic) bond motifs is 1. The molecular weight excluding hydrogens is 412 g/mol. The Labute approximate surface area is 172 Å². The molecule has 0 unspecified atom stereocenters. The number of hydrogen-bond acceptors (Lipinski definition) is 7. The van der Waals surface area contributed by atoms with Gasteiger partial charge in [-0.1, -0.05) is 18.2 Å². The summed E-state index contributed by atoms with van der Waals surface area (Å²) in [6.07, 6.45) is 0.616. The fourth-order valence-corrected chi connectivity index (χ4v) is 5.89. The predicted molar refractivity (Wildman–Crippen MR) is 108 cm³/mol. The monoisotopic (exact) mass is 434 g/mol. The van der Waals surface area contributed by atoms with E-state index in [1.807, 2.05) is 0 Å². The van der Waals surface area contributed by atoms with Crippen LogP contribution in [0.1, 0.15) is 16.9 Å². The molecule has 1 atom stereocenters. The van der Waals surface area contributed by atoms with Gasteiger partial charge in [0.25, 0.3) is 5.56 Å². The van der Waals surface area contributed by atoms with Crippen LogP contribution in [0.15, 0.2) is 29.1 Å². The lowest BCUT2D eigenvalue weighted by Crippen LogP contribution is -2.53. The first-order valence-electron chi connectivity index (χ1n) is 9.70. The smallest absolute Gasteiger partial charge is 0.357 e. The van der Waals surface area contributed by atoms with Gasteiger partial charge in [0.2, 0.25) is 5.91 Å². The van der Waals surface area contributed by atoms with Gasteiger partial charge in [-0.2, -0.15) is 5.10 Å². The third kappa shape index (κ3) is 3.94. The van der Waals surface area contributed by atoms with Crippen LogP contribution in [0.2, 0.25) is 0 Å². The van der Waals surface area contributed by atoms with Crippen LogP contribution in [0.25, 0.3) is 10.8 Å². The summed E-state index contributed by atoms with van der Waals surface area (Å²) in [6.45, 7) is 1.62. The second-order valence-corrected chi connectivity index (χ2v) is 9.86. The molecule has 10 nitrogen and oxygen atoms in total. The van der Waals surface area contributed by atoms with E-state index >= 15 is 0 Å². The van der Waals surface area contributed by atoms with Gasteiger partial charge in [0, 0.05) is 37.6 Å². The van der Waals surface area contributed by atoms with Gasteiger partial charge in [0.1, 0.15) is 6.54 Å². The molecule has 1 amide bonds. The van der Waals surface area contributed by atoms with Crippen LogP contribution in [-0.2, 0) is 21.2 Å². The molecule has 0 radical (unpaired) electrons. The summed E-state index contributed by atoms with van der Waals surface area (Å²) in [5, 5.41) is 13.8. The topological polar surface area (TPSA) is 130 Å². The average molecular weight is 434 g/mol. The van der Waals surface area contributed by atoms with E-state index in [0.717, 1.165) is 4.68 Å². The maximum atomic E-state index is 12.7. The first-order chi connectivity index (χ1) is 14.2. The van der Waals surface area contributed by atoms with Gasteiger partial charge in [-0.05, 0) is 12.5 Å². The van der Waals surface area contributed by atoms with Crippen molar-refractivity contribution in [3.05, 3.63) is 40.3 Å². The number of hydrogen-bond donors (Lipinski definition) is 1. The number of carbonyl (C=O) groups excluding carboxylic acids is 1. The van der Waals surface area contributed by atoms with E-state index in [2.05, 4.69) is 10.00 Å². The number of rotatable bonds is 4. The Kier molecular flexibility index (Phi) is 5.33. The molecule has 0 bridgehead atoms. The van der Waals surface area contributed by atoms with Gasteiger partial charge in [-0.3, -0.25) is 14.5 Å². The maximum absolute atomic E-state index is 12.7. The minimum Gasteiger partial charge on any atom is -0.476 e. The van der Waals surface area contributed by atoms with Crippen molar-refractivity contribution in [1.29, 1.82) is 0 Å². The van der Waals surface area contributed by atoms with Crippen molar-refractivity contribution in [3.63, 3.8) is 0 Å². The second-order valence-electron chi connectivity index (χ2n) is 7.64. The summed E-state index contributed by atoms with van der Waals surface area (Å²) in [5.41, 5.74) is -0.788. The zero-order chi connectivity index (χ0) is 21.5. The lowest BCUT2D eigenvalue weighted by Gasteiger charge is -2.37. The van der Waals surface area contributed by atoms with E-state index in [1.165, 1.54) is 12.1 Å². The van der Waals surface area contributed by atoms with Crippen molar-refractivity contribution < 1.29 is 23.1 Å².